The highest BCUT2D eigenvalue weighted by molar-refractivity contribution is 6.04. The smallest absolute Gasteiger partial charge is 0.257 e. The third kappa shape index (κ3) is 2.60. The second-order valence-electron chi connectivity index (χ2n) is 3.18. The van der Waals surface area contributed by atoms with Gasteiger partial charge in [-0.25, -0.2) is 9.37 Å². The van der Waals surface area contributed by atoms with E-state index in [-0.39, 0.29) is 11.3 Å². The van der Waals surface area contributed by atoms with Crippen LogP contribution in [-0.2, 0) is 0 Å². The van der Waals surface area contributed by atoms with Crippen LogP contribution < -0.4 is 5.32 Å². The van der Waals surface area contributed by atoms with Crippen molar-refractivity contribution in [3.63, 3.8) is 0 Å². The first kappa shape index (κ1) is 11.1. The van der Waals surface area contributed by atoms with Crippen LogP contribution in [0.4, 0.5) is 14.5 Å². The lowest BCUT2D eigenvalue weighted by Gasteiger charge is -2.05. The van der Waals surface area contributed by atoms with E-state index in [4.69, 9.17) is 0 Å². The largest absolute Gasteiger partial charge is 0.319 e. The number of hydrogen-bond acceptors (Lipinski definition) is 3. The van der Waals surface area contributed by atoms with Crippen LogP contribution in [0.3, 0.4) is 0 Å². The Labute approximate surface area is 95.3 Å². The maximum absolute atomic E-state index is 13.2. The van der Waals surface area contributed by atoms with E-state index in [1.165, 1.54) is 18.3 Å². The lowest BCUT2D eigenvalue weighted by atomic mass is 10.2. The zero-order chi connectivity index (χ0) is 12.3. The average Bonchev–Trinajstić information content (AvgIpc) is 2.33. The molecular weight excluding hydrogens is 228 g/mol. The standard InChI is InChI=1S/C11H7F2N3O/c12-8-6-14-4-3-9(8)16-11(17)7-1-2-10(13)15-5-7/h1-6H,(H,14,16,17). The first-order chi connectivity index (χ1) is 8.16. The topological polar surface area (TPSA) is 54.9 Å². The molecule has 0 saturated heterocycles. The summed E-state index contributed by atoms with van der Waals surface area (Å²) in [4.78, 5) is 18.5. The fraction of sp³-hybridized carbons (Fsp3) is 0. The normalized spacial score (nSPS) is 10.0. The van der Waals surface area contributed by atoms with Gasteiger partial charge in [0.15, 0.2) is 5.82 Å². The van der Waals surface area contributed by atoms with Crippen molar-refractivity contribution in [2.45, 2.75) is 0 Å². The first-order valence-corrected chi connectivity index (χ1v) is 4.69. The fourth-order valence-electron chi connectivity index (χ4n) is 1.18. The number of anilines is 1. The summed E-state index contributed by atoms with van der Waals surface area (Å²) >= 11 is 0. The third-order valence-corrected chi connectivity index (χ3v) is 2.01. The molecule has 0 aliphatic heterocycles. The van der Waals surface area contributed by atoms with E-state index in [0.29, 0.717) is 0 Å². The Morgan fingerprint density at radius 3 is 2.65 bits per heavy atom. The Balaban J connectivity index is 2.17. The Kier molecular flexibility index (Phi) is 3.04. The van der Waals surface area contributed by atoms with Gasteiger partial charge >= 0.3 is 0 Å². The highest BCUT2D eigenvalue weighted by Crippen LogP contribution is 2.12. The summed E-state index contributed by atoms with van der Waals surface area (Å²) in [5, 5.41) is 2.33. The first-order valence-electron chi connectivity index (χ1n) is 4.69. The molecule has 0 spiro atoms. The monoisotopic (exact) mass is 235 g/mol. The molecule has 0 aromatic carbocycles. The second-order valence-corrected chi connectivity index (χ2v) is 3.18. The van der Waals surface area contributed by atoms with Crippen molar-refractivity contribution in [2.75, 3.05) is 5.32 Å². The maximum Gasteiger partial charge on any atom is 0.257 e. The molecule has 4 nitrogen and oxygen atoms in total. The molecular formula is C11H7F2N3O. The number of hydrogen-bond donors (Lipinski definition) is 1. The van der Waals surface area contributed by atoms with Crippen molar-refractivity contribution in [3.8, 4) is 0 Å². The van der Waals surface area contributed by atoms with Gasteiger partial charge in [0.05, 0.1) is 17.4 Å². The van der Waals surface area contributed by atoms with Crippen LogP contribution in [0.5, 0.6) is 0 Å². The quantitative estimate of drug-likeness (QED) is 0.810. The number of carbonyl (C=O) groups excluding carboxylic acids is 1. The van der Waals surface area contributed by atoms with Gasteiger partial charge in [-0.2, -0.15) is 4.39 Å². The highest BCUT2D eigenvalue weighted by atomic mass is 19.1. The number of nitrogens with zero attached hydrogens (tertiary/aromatic N) is 2. The predicted octanol–water partition coefficient (Wildman–Crippen LogP) is 2.01. The average molecular weight is 235 g/mol. The summed E-state index contributed by atoms with van der Waals surface area (Å²) in [5.41, 5.74) is 0.150. The number of rotatable bonds is 2. The summed E-state index contributed by atoms with van der Waals surface area (Å²) in [5.74, 6) is -1.89. The molecule has 0 bridgehead atoms. The molecule has 0 aliphatic rings. The minimum absolute atomic E-state index is 0.00863. The SMILES string of the molecule is O=C(Nc1ccncc1F)c1ccc(F)nc1. The van der Waals surface area contributed by atoms with Crippen LogP contribution >= 0.6 is 0 Å². The van der Waals surface area contributed by atoms with Crippen LogP contribution in [0.15, 0.2) is 36.8 Å². The summed E-state index contributed by atoms with van der Waals surface area (Å²) < 4.78 is 25.7. The van der Waals surface area contributed by atoms with Gasteiger partial charge in [-0.15, -0.1) is 0 Å². The van der Waals surface area contributed by atoms with E-state index in [0.717, 1.165) is 18.5 Å². The highest BCUT2D eigenvalue weighted by Gasteiger charge is 2.09. The molecule has 2 aromatic rings. The Morgan fingerprint density at radius 1 is 1.18 bits per heavy atom. The molecule has 0 radical (unpaired) electrons. The fourth-order valence-corrected chi connectivity index (χ4v) is 1.18. The van der Waals surface area contributed by atoms with Crippen molar-refractivity contribution in [1.82, 2.24) is 9.97 Å². The van der Waals surface area contributed by atoms with Crippen LogP contribution in [0.1, 0.15) is 10.4 Å². The van der Waals surface area contributed by atoms with Crippen molar-refractivity contribution in [1.29, 1.82) is 0 Å². The van der Waals surface area contributed by atoms with Crippen LogP contribution in [-0.4, -0.2) is 15.9 Å². The van der Waals surface area contributed by atoms with Gasteiger partial charge in [-0.05, 0) is 18.2 Å². The summed E-state index contributed by atoms with van der Waals surface area (Å²) in [6.07, 6.45) is 3.41. The molecule has 0 unspecified atom stereocenters. The molecule has 0 atom stereocenters. The molecule has 2 rings (SSSR count). The van der Waals surface area contributed by atoms with Crippen LogP contribution in [0.25, 0.3) is 0 Å². The van der Waals surface area contributed by atoms with Gasteiger partial charge in [0.25, 0.3) is 5.91 Å². The van der Waals surface area contributed by atoms with Crippen molar-refractivity contribution < 1.29 is 13.6 Å². The third-order valence-electron chi connectivity index (χ3n) is 2.01. The number of carbonyl (C=O) groups is 1. The molecule has 0 fully saturated rings. The zero-order valence-corrected chi connectivity index (χ0v) is 8.52. The molecule has 0 aliphatic carbocycles. The van der Waals surface area contributed by atoms with E-state index in [1.54, 1.807) is 0 Å². The van der Waals surface area contributed by atoms with Crippen molar-refractivity contribution in [2.24, 2.45) is 0 Å². The summed E-state index contributed by atoms with van der Waals surface area (Å²) in [6.45, 7) is 0. The van der Waals surface area contributed by atoms with Gasteiger partial charge in [-0.3, -0.25) is 9.78 Å². The molecule has 17 heavy (non-hydrogen) atoms. The lowest BCUT2D eigenvalue weighted by molar-refractivity contribution is 0.102. The van der Waals surface area contributed by atoms with E-state index in [1.807, 2.05) is 0 Å². The van der Waals surface area contributed by atoms with Gasteiger partial charge in [0, 0.05) is 12.4 Å². The van der Waals surface area contributed by atoms with Crippen molar-refractivity contribution in [3.05, 3.63) is 54.1 Å². The Morgan fingerprint density at radius 2 is 2.00 bits per heavy atom. The molecule has 2 aromatic heterocycles. The zero-order valence-electron chi connectivity index (χ0n) is 8.52. The van der Waals surface area contributed by atoms with E-state index < -0.39 is 17.7 Å². The Bertz CT molecular complexity index is 543. The molecule has 1 N–H and O–H groups in total. The summed E-state index contributed by atoms with van der Waals surface area (Å²) in [7, 11) is 0. The van der Waals surface area contributed by atoms with Crippen LogP contribution in [0, 0.1) is 11.8 Å². The molecule has 2 heterocycles. The molecule has 0 saturated carbocycles. The number of halogens is 2. The molecule has 86 valence electrons. The minimum Gasteiger partial charge on any atom is -0.319 e. The number of pyridine rings is 2. The molecule has 6 heteroatoms. The van der Waals surface area contributed by atoms with E-state index in [9.17, 15) is 13.6 Å². The van der Waals surface area contributed by atoms with Gasteiger partial charge in [-0.1, -0.05) is 0 Å². The minimum atomic E-state index is -0.684. The van der Waals surface area contributed by atoms with Crippen LogP contribution in [0.2, 0.25) is 0 Å². The van der Waals surface area contributed by atoms with Crippen molar-refractivity contribution >= 4 is 11.6 Å². The number of aromatic nitrogens is 2. The summed E-state index contributed by atoms with van der Waals surface area (Å²) in [6, 6.07) is 3.64. The van der Waals surface area contributed by atoms with Gasteiger partial charge < -0.3 is 5.32 Å². The Hall–Kier alpha value is -2.37. The molecule has 1 amide bonds. The number of amides is 1. The second kappa shape index (κ2) is 4.65. The van der Waals surface area contributed by atoms with Gasteiger partial charge in [0.2, 0.25) is 5.95 Å². The lowest BCUT2D eigenvalue weighted by Crippen LogP contribution is -2.13. The van der Waals surface area contributed by atoms with E-state index >= 15 is 0 Å². The number of nitrogens with one attached hydrogen (secondary N) is 1. The maximum atomic E-state index is 13.2. The predicted molar refractivity (Wildman–Crippen MR) is 56.3 cm³/mol. The van der Waals surface area contributed by atoms with E-state index in [2.05, 4.69) is 15.3 Å². The van der Waals surface area contributed by atoms with Gasteiger partial charge in [0.1, 0.15) is 0 Å².